The molecule has 0 aliphatic carbocycles. The van der Waals surface area contributed by atoms with E-state index in [0.717, 1.165) is 17.7 Å². The number of hydrogen-bond acceptors (Lipinski definition) is 3. The quantitative estimate of drug-likeness (QED) is 0.813. The first-order chi connectivity index (χ1) is 12.0. The Bertz CT molecular complexity index is 749. The predicted octanol–water partition coefficient (Wildman–Crippen LogP) is 4.25. The molecule has 4 nitrogen and oxygen atoms in total. The van der Waals surface area contributed by atoms with Gasteiger partial charge in [0, 0.05) is 5.56 Å². The van der Waals surface area contributed by atoms with Crippen molar-refractivity contribution in [2.45, 2.75) is 26.8 Å². The number of benzene rings is 2. The first-order valence-electron chi connectivity index (χ1n) is 8.11. The summed E-state index contributed by atoms with van der Waals surface area (Å²) in [5.74, 6) is -1.31. The maximum absolute atomic E-state index is 13.3. The van der Waals surface area contributed by atoms with Crippen LogP contribution in [0, 0.1) is 11.6 Å². The first-order valence-corrected chi connectivity index (χ1v) is 8.11. The van der Waals surface area contributed by atoms with E-state index >= 15 is 0 Å². The van der Waals surface area contributed by atoms with Crippen molar-refractivity contribution in [1.82, 2.24) is 5.32 Å². The van der Waals surface area contributed by atoms with E-state index < -0.39 is 17.5 Å². The van der Waals surface area contributed by atoms with E-state index in [-0.39, 0.29) is 11.6 Å². The van der Waals surface area contributed by atoms with Gasteiger partial charge in [-0.25, -0.2) is 8.78 Å². The Hall–Kier alpha value is -2.63. The number of carbonyl (C=O) groups excluding carboxylic acids is 1. The van der Waals surface area contributed by atoms with Gasteiger partial charge in [0.05, 0.1) is 19.3 Å². The molecule has 0 radical (unpaired) electrons. The van der Waals surface area contributed by atoms with Gasteiger partial charge < -0.3 is 14.8 Å². The molecule has 0 fully saturated rings. The summed E-state index contributed by atoms with van der Waals surface area (Å²) in [6, 6.07) is 8.10. The van der Waals surface area contributed by atoms with Gasteiger partial charge in [0.25, 0.3) is 5.91 Å². The highest BCUT2D eigenvalue weighted by molar-refractivity contribution is 5.94. The summed E-state index contributed by atoms with van der Waals surface area (Å²) in [6.45, 7) is 6.55. The number of hydrogen-bond donors (Lipinski definition) is 1. The normalized spacial score (nSPS) is 11.7. The molecule has 0 spiro atoms. The molecule has 25 heavy (non-hydrogen) atoms. The summed E-state index contributed by atoms with van der Waals surface area (Å²) in [7, 11) is 0. The Morgan fingerprint density at radius 2 is 1.68 bits per heavy atom. The van der Waals surface area contributed by atoms with Gasteiger partial charge in [-0.05, 0) is 56.7 Å². The Morgan fingerprint density at radius 3 is 2.32 bits per heavy atom. The van der Waals surface area contributed by atoms with Crippen LogP contribution in [0.25, 0.3) is 0 Å². The molecule has 0 saturated carbocycles. The third-order valence-corrected chi connectivity index (χ3v) is 3.60. The molecule has 0 aliphatic rings. The highest BCUT2D eigenvalue weighted by atomic mass is 19.2. The third-order valence-electron chi connectivity index (χ3n) is 3.60. The fraction of sp³-hybridized carbons (Fsp3) is 0.316. The zero-order valence-corrected chi connectivity index (χ0v) is 14.4. The molecule has 0 aliphatic heterocycles. The molecule has 1 amide bonds. The van der Waals surface area contributed by atoms with Gasteiger partial charge >= 0.3 is 0 Å². The van der Waals surface area contributed by atoms with Crippen LogP contribution in [0.1, 0.15) is 42.7 Å². The summed E-state index contributed by atoms with van der Waals surface area (Å²) < 4.78 is 37.3. The van der Waals surface area contributed by atoms with Gasteiger partial charge in [0.2, 0.25) is 0 Å². The number of carbonyl (C=O) groups is 1. The van der Waals surface area contributed by atoms with Gasteiger partial charge in [-0.3, -0.25) is 4.79 Å². The molecule has 134 valence electrons. The van der Waals surface area contributed by atoms with E-state index in [0.29, 0.717) is 24.7 Å². The van der Waals surface area contributed by atoms with Crippen molar-refractivity contribution in [3.63, 3.8) is 0 Å². The fourth-order valence-corrected chi connectivity index (χ4v) is 2.34. The van der Waals surface area contributed by atoms with E-state index in [1.807, 2.05) is 19.9 Å². The molecule has 1 unspecified atom stereocenters. The lowest BCUT2D eigenvalue weighted by Gasteiger charge is -2.17. The molecule has 0 aromatic heterocycles. The maximum atomic E-state index is 13.3. The molecule has 1 N–H and O–H groups in total. The molecular formula is C19H21F2NO3. The SMILES string of the molecule is CCOc1ccc(C(C)NC(=O)c2ccc(F)c(F)c2)cc1OCC. The monoisotopic (exact) mass is 349 g/mol. The lowest BCUT2D eigenvalue weighted by molar-refractivity contribution is 0.0939. The highest BCUT2D eigenvalue weighted by Crippen LogP contribution is 2.30. The van der Waals surface area contributed by atoms with Crippen LogP contribution in [0.3, 0.4) is 0 Å². The lowest BCUT2D eigenvalue weighted by Crippen LogP contribution is -2.26. The molecule has 6 heteroatoms. The van der Waals surface area contributed by atoms with Gasteiger partial charge in [0.1, 0.15) is 0 Å². The van der Waals surface area contributed by atoms with Gasteiger partial charge in [-0.2, -0.15) is 0 Å². The summed E-state index contributed by atoms with van der Waals surface area (Å²) in [5.41, 5.74) is 0.865. The Balaban J connectivity index is 2.16. The van der Waals surface area contributed by atoms with Crippen LogP contribution in [-0.4, -0.2) is 19.1 Å². The van der Waals surface area contributed by atoms with Gasteiger partial charge in [-0.1, -0.05) is 6.07 Å². The Kier molecular flexibility index (Phi) is 6.33. The van der Waals surface area contributed by atoms with Crippen molar-refractivity contribution in [2.75, 3.05) is 13.2 Å². The largest absolute Gasteiger partial charge is 0.490 e. The van der Waals surface area contributed by atoms with Crippen molar-refractivity contribution >= 4 is 5.91 Å². The zero-order chi connectivity index (χ0) is 18.4. The average Bonchev–Trinajstić information content (AvgIpc) is 2.59. The van der Waals surface area contributed by atoms with E-state index in [9.17, 15) is 13.6 Å². The lowest BCUT2D eigenvalue weighted by atomic mass is 10.1. The minimum atomic E-state index is -1.06. The van der Waals surface area contributed by atoms with Crippen LogP contribution in [0.15, 0.2) is 36.4 Å². The molecule has 0 heterocycles. The number of ether oxygens (including phenoxy) is 2. The van der Waals surface area contributed by atoms with E-state index in [1.54, 1.807) is 19.1 Å². The summed E-state index contributed by atoms with van der Waals surface area (Å²) in [6.07, 6.45) is 0. The fourth-order valence-electron chi connectivity index (χ4n) is 2.34. The summed E-state index contributed by atoms with van der Waals surface area (Å²) in [5, 5.41) is 2.76. The second-order valence-electron chi connectivity index (χ2n) is 5.40. The van der Waals surface area contributed by atoms with Crippen LogP contribution in [0.5, 0.6) is 11.5 Å². The van der Waals surface area contributed by atoms with E-state index in [4.69, 9.17) is 9.47 Å². The predicted molar refractivity (Wildman–Crippen MR) is 91.0 cm³/mol. The minimum Gasteiger partial charge on any atom is -0.490 e. The van der Waals surface area contributed by atoms with E-state index in [1.165, 1.54) is 6.07 Å². The molecule has 2 aromatic rings. The molecule has 0 saturated heterocycles. The maximum Gasteiger partial charge on any atom is 0.251 e. The van der Waals surface area contributed by atoms with Crippen LogP contribution in [-0.2, 0) is 0 Å². The van der Waals surface area contributed by atoms with Crippen molar-refractivity contribution in [3.05, 3.63) is 59.2 Å². The number of rotatable bonds is 7. The summed E-state index contributed by atoms with van der Waals surface area (Å²) in [4.78, 5) is 12.2. The molecule has 2 aromatic carbocycles. The molecule has 1 atom stereocenters. The van der Waals surface area contributed by atoms with Crippen molar-refractivity contribution in [1.29, 1.82) is 0 Å². The molecule has 2 rings (SSSR count). The zero-order valence-electron chi connectivity index (χ0n) is 14.4. The van der Waals surface area contributed by atoms with Gasteiger partial charge in [-0.15, -0.1) is 0 Å². The number of halogens is 2. The molecule has 0 bridgehead atoms. The average molecular weight is 349 g/mol. The van der Waals surface area contributed by atoms with Crippen LogP contribution in [0.4, 0.5) is 8.78 Å². The molecular weight excluding hydrogens is 328 g/mol. The van der Waals surface area contributed by atoms with Gasteiger partial charge in [0.15, 0.2) is 23.1 Å². The number of amides is 1. The van der Waals surface area contributed by atoms with Crippen LogP contribution in [0.2, 0.25) is 0 Å². The van der Waals surface area contributed by atoms with Crippen molar-refractivity contribution < 1.29 is 23.0 Å². The smallest absolute Gasteiger partial charge is 0.251 e. The minimum absolute atomic E-state index is 0.0571. The van der Waals surface area contributed by atoms with Crippen molar-refractivity contribution in [3.8, 4) is 11.5 Å². The van der Waals surface area contributed by atoms with Crippen LogP contribution >= 0.6 is 0 Å². The highest BCUT2D eigenvalue weighted by Gasteiger charge is 2.15. The summed E-state index contributed by atoms with van der Waals surface area (Å²) >= 11 is 0. The van der Waals surface area contributed by atoms with Crippen LogP contribution < -0.4 is 14.8 Å². The Morgan fingerprint density at radius 1 is 1.00 bits per heavy atom. The topological polar surface area (TPSA) is 47.6 Å². The number of nitrogens with one attached hydrogen (secondary N) is 1. The standard InChI is InChI=1S/C19H21F2NO3/c1-4-24-17-9-7-13(11-18(17)25-5-2)12(3)22-19(23)14-6-8-15(20)16(21)10-14/h6-12H,4-5H2,1-3H3,(H,22,23). The second-order valence-corrected chi connectivity index (χ2v) is 5.40. The first kappa shape index (κ1) is 18.7. The third kappa shape index (κ3) is 4.68. The second kappa shape index (κ2) is 8.46. The van der Waals surface area contributed by atoms with E-state index in [2.05, 4.69) is 5.32 Å². The van der Waals surface area contributed by atoms with Crippen molar-refractivity contribution in [2.24, 2.45) is 0 Å². The Labute approximate surface area is 145 Å².